The summed E-state index contributed by atoms with van der Waals surface area (Å²) in [4.78, 5) is 20.0. The second-order valence-electron chi connectivity index (χ2n) is 4.69. The zero-order valence-electron chi connectivity index (χ0n) is 11.0. The molecule has 4 N–H and O–H groups in total. The lowest BCUT2D eigenvalue weighted by molar-refractivity contribution is 0.103. The number of phenols is 1. The highest BCUT2D eigenvalue weighted by molar-refractivity contribution is 6.10. The number of hydrogen-bond acceptors (Lipinski definition) is 4. The Kier molecular flexibility index (Phi) is 3.12. The second-order valence-corrected chi connectivity index (χ2v) is 4.69. The SMILES string of the molecule is [CH]c1ccc2[nH]c(C(=O)c3cc(O)cc(ON)c3)cc2c1. The van der Waals surface area contributed by atoms with Crippen LogP contribution in [0.1, 0.15) is 21.6 Å². The van der Waals surface area contributed by atoms with Crippen LogP contribution in [0.4, 0.5) is 0 Å². The Labute approximate surface area is 120 Å². The van der Waals surface area contributed by atoms with Gasteiger partial charge in [-0.3, -0.25) is 4.79 Å². The molecule has 2 aromatic carbocycles. The van der Waals surface area contributed by atoms with Gasteiger partial charge in [0.05, 0.1) is 5.69 Å². The lowest BCUT2D eigenvalue weighted by Gasteiger charge is -2.03. The van der Waals surface area contributed by atoms with Gasteiger partial charge in [-0.1, -0.05) is 6.07 Å². The summed E-state index contributed by atoms with van der Waals surface area (Å²) in [5, 5.41) is 10.4. The van der Waals surface area contributed by atoms with Crippen molar-refractivity contribution in [3.05, 3.63) is 66.2 Å². The quantitative estimate of drug-likeness (QED) is 0.508. The number of aromatic amines is 1. The number of aromatic nitrogens is 1. The van der Waals surface area contributed by atoms with Crippen LogP contribution in [0.25, 0.3) is 10.9 Å². The normalized spacial score (nSPS) is 10.8. The molecule has 0 spiro atoms. The van der Waals surface area contributed by atoms with Crippen LogP contribution in [0.3, 0.4) is 0 Å². The maximum Gasteiger partial charge on any atom is 0.209 e. The van der Waals surface area contributed by atoms with Crippen molar-refractivity contribution in [1.82, 2.24) is 4.98 Å². The molecule has 3 rings (SSSR count). The van der Waals surface area contributed by atoms with Gasteiger partial charge in [0.25, 0.3) is 0 Å². The number of hydrogen-bond donors (Lipinski definition) is 3. The van der Waals surface area contributed by atoms with E-state index in [9.17, 15) is 9.90 Å². The summed E-state index contributed by atoms with van der Waals surface area (Å²) >= 11 is 0. The minimum absolute atomic E-state index is 0.0957. The number of nitrogens with one attached hydrogen (secondary N) is 1. The molecule has 3 aromatic rings. The molecule has 21 heavy (non-hydrogen) atoms. The molecular weight excluding hydrogens is 268 g/mol. The Morgan fingerprint density at radius 3 is 2.76 bits per heavy atom. The predicted molar refractivity (Wildman–Crippen MR) is 78.1 cm³/mol. The van der Waals surface area contributed by atoms with Crippen molar-refractivity contribution in [3.63, 3.8) is 0 Å². The zero-order chi connectivity index (χ0) is 15.0. The number of fused-ring (bicyclic) bond motifs is 1. The molecule has 0 saturated carbocycles. The number of phenolic OH excluding ortho intramolecular Hbond substituents is 1. The first-order chi connectivity index (χ1) is 10.1. The number of carbonyl (C=O) groups is 1. The molecule has 0 unspecified atom stereocenters. The topological polar surface area (TPSA) is 88.3 Å². The van der Waals surface area contributed by atoms with E-state index < -0.39 is 0 Å². The molecule has 0 aliphatic rings. The van der Waals surface area contributed by atoms with Gasteiger partial charge in [-0.25, -0.2) is 0 Å². The maximum atomic E-state index is 12.5. The van der Waals surface area contributed by atoms with Crippen LogP contribution in [0.5, 0.6) is 11.5 Å². The van der Waals surface area contributed by atoms with E-state index >= 15 is 0 Å². The number of H-pyrrole nitrogens is 1. The summed E-state index contributed by atoms with van der Waals surface area (Å²) < 4.78 is 0. The molecule has 0 aliphatic heterocycles. The van der Waals surface area contributed by atoms with E-state index in [-0.39, 0.29) is 22.8 Å². The number of ketones is 1. The Morgan fingerprint density at radius 2 is 2.00 bits per heavy atom. The summed E-state index contributed by atoms with van der Waals surface area (Å²) in [6, 6.07) is 11.2. The van der Waals surface area contributed by atoms with E-state index in [0.717, 1.165) is 10.9 Å². The first kappa shape index (κ1) is 13.2. The van der Waals surface area contributed by atoms with Gasteiger partial charge < -0.3 is 14.9 Å². The third kappa shape index (κ3) is 2.46. The van der Waals surface area contributed by atoms with Crippen LogP contribution >= 0.6 is 0 Å². The molecule has 5 nitrogen and oxygen atoms in total. The fourth-order valence-corrected chi connectivity index (χ4v) is 2.21. The Balaban J connectivity index is 2.05. The Bertz CT molecular complexity index is 837. The molecule has 104 valence electrons. The van der Waals surface area contributed by atoms with Gasteiger partial charge in [0.1, 0.15) is 5.75 Å². The van der Waals surface area contributed by atoms with E-state index in [1.54, 1.807) is 24.3 Å². The number of benzene rings is 2. The largest absolute Gasteiger partial charge is 0.508 e. The van der Waals surface area contributed by atoms with Gasteiger partial charge in [-0.05, 0) is 42.8 Å². The van der Waals surface area contributed by atoms with Crippen molar-refractivity contribution in [1.29, 1.82) is 0 Å². The van der Waals surface area contributed by atoms with E-state index in [2.05, 4.69) is 9.82 Å². The van der Waals surface area contributed by atoms with Gasteiger partial charge >= 0.3 is 0 Å². The fraction of sp³-hybridized carbons (Fsp3) is 0. The maximum absolute atomic E-state index is 12.5. The third-order valence-corrected chi connectivity index (χ3v) is 3.18. The smallest absolute Gasteiger partial charge is 0.209 e. The van der Waals surface area contributed by atoms with Crippen LogP contribution in [0.15, 0.2) is 42.5 Å². The van der Waals surface area contributed by atoms with E-state index in [0.29, 0.717) is 11.3 Å². The van der Waals surface area contributed by atoms with Gasteiger partial charge in [0.15, 0.2) is 5.75 Å². The summed E-state index contributed by atoms with van der Waals surface area (Å²) in [5.41, 5.74) is 2.10. The number of aromatic hydroxyl groups is 1. The monoisotopic (exact) mass is 280 g/mol. The average molecular weight is 280 g/mol. The minimum Gasteiger partial charge on any atom is -0.508 e. The van der Waals surface area contributed by atoms with Crippen LogP contribution in [-0.4, -0.2) is 15.9 Å². The fourth-order valence-electron chi connectivity index (χ4n) is 2.21. The molecule has 0 amide bonds. The van der Waals surface area contributed by atoms with Gasteiger partial charge in [0.2, 0.25) is 5.78 Å². The van der Waals surface area contributed by atoms with Gasteiger partial charge in [-0.15, -0.1) is 0 Å². The standard InChI is InChI=1S/C16H12N2O3/c1-9-2-3-14-10(4-9)7-15(18-14)16(20)11-5-12(19)8-13(6-11)21-17/h1-8,18-19H,17H2. The van der Waals surface area contributed by atoms with Crippen molar-refractivity contribution in [3.8, 4) is 11.5 Å². The van der Waals surface area contributed by atoms with Crippen LogP contribution < -0.4 is 10.7 Å². The molecule has 2 radical (unpaired) electrons. The minimum atomic E-state index is -0.279. The van der Waals surface area contributed by atoms with E-state index in [1.807, 2.05) is 0 Å². The average Bonchev–Trinajstić information content (AvgIpc) is 2.88. The lowest BCUT2D eigenvalue weighted by atomic mass is 10.1. The zero-order valence-corrected chi connectivity index (χ0v) is 11.0. The molecule has 0 fully saturated rings. The highest BCUT2D eigenvalue weighted by atomic mass is 16.6. The van der Waals surface area contributed by atoms with Gasteiger partial charge in [-0.2, -0.15) is 5.90 Å². The lowest BCUT2D eigenvalue weighted by Crippen LogP contribution is -2.05. The molecule has 1 heterocycles. The summed E-state index contributed by atoms with van der Waals surface area (Å²) in [6.07, 6.45) is 0. The Morgan fingerprint density at radius 1 is 1.19 bits per heavy atom. The van der Waals surface area contributed by atoms with Crippen molar-refractivity contribution in [2.24, 2.45) is 5.90 Å². The van der Waals surface area contributed by atoms with Crippen molar-refractivity contribution >= 4 is 16.7 Å². The van der Waals surface area contributed by atoms with Crippen molar-refractivity contribution < 1.29 is 14.7 Å². The van der Waals surface area contributed by atoms with E-state index in [1.165, 1.54) is 18.2 Å². The van der Waals surface area contributed by atoms with Crippen LogP contribution in [0, 0.1) is 6.92 Å². The predicted octanol–water partition coefficient (Wildman–Crippen LogP) is 2.42. The molecule has 5 heteroatoms. The first-order valence-electron chi connectivity index (χ1n) is 6.20. The van der Waals surface area contributed by atoms with Gasteiger partial charge in [0, 0.05) is 22.5 Å². The van der Waals surface area contributed by atoms with E-state index in [4.69, 9.17) is 12.8 Å². The molecular formula is C16H12N2O3. The number of nitrogens with two attached hydrogens (primary N) is 1. The summed E-state index contributed by atoms with van der Waals surface area (Å²) in [5.74, 6) is 4.89. The van der Waals surface area contributed by atoms with Crippen molar-refractivity contribution in [2.45, 2.75) is 0 Å². The molecule has 1 aromatic heterocycles. The van der Waals surface area contributed by atoms with Crippen molar-refractivity contribution in [2.75, 3.05) is 0 Å². The molecule has 0 saturated heterocycles. The third-order valence-electron chi connectivity index (χ3n) is 3.18. The molecule has 0 bridgehead atoms. The summed E-state index contributed by atoms with van der Waals surface area (Å²) in [6.45, 7) is 5.72. The number of rotatable bonds is 3. The van der Waals surface area contributed by atoms with Crippen LogP contribution in [-0.2, 0) is 0 Å². The highest BCUT2D eigenvalue weighted by Crippen LogP contribution is 2.24. The highest BCUT2D eigenvalue weighted by Gasteiger charge is 2.14. The second kappa shape index (κ2) is 4.96. The molecule has 0 aliphatic carbocycles. The Hall–Kier alpha value is -2.79. The number of carbonyl (C=O) groups excluding carboxylic acids is 1. The van der Waals surface area contributed by atoms with Crippen LogP contribution in [0.2, 0.25) is 0 Å². The molecule has 0 atom stereocenters. The first-order valence-corrected chi connectivity index (χ1v) is 6.20. The summed E-state index contributed by atoms with van der Waals surface area (Å²) in [7, 11) is 0.